The maximum Gasteiger partial charge on any atom is 0.147 e. The van der Waals surface area contributed by atoms with Crippen LogP contribution in [0.15, 0.2) is 0 Å². The standard InChI is InChI=1S/C11H21N3O2S2/c1-5-12-9(6-7-18(4,15)16)11-10(8(2)3)13-14-17-11/h8-9,12H,5-7H2,1-4H3. The van der Waals surface area contributed by atoms with E-state index in [1.807, 2.05) is 6.92 Å². The molecule has 1 atom stereocenters. The van der Waals surface area contributed by atoms with E-state index in [1.165, 1.54) is 17.8 Å². The number of sulfone groups is 1. The van der Waals surface area contributed by atoms with Crippen molar-refractivity contribution in [3.63, 3.8) is 0 Å². The molecule has 0 aromatic carbocycles. The summed E-state index contributed by atoms with van der Waals surface area (Å²) in [6.45, 7) is 6.94. The Morgan fingerprint density at radius 2 is 2.06 bits per heavy atom. The van der Waals surface area contributed by atoms with Gasteiger partial charge in [-0.15, -0.1) is 5.10 Å². The van der Waals surface area contributed by atoms with Crippen molar-refractivity contribution in [1.29, 1.82) is 0 Å². The highest BCUT2D eigenvalue weighted by Gasteiger charge is 2.21. The van der Waals surface area contributed by atoms with E-state index in [4.69, 9.17) is 0 Å². The Bertz CT molecular complexity index is 468. The lowest BCUT2D eigenvalue weighted by molar-refractivity contribution is 0.530. The molecule has 1 aromatic heterocycles. The zero-order valence-electron chi connectivity index (χ0n) is 11.3. The first-order valence-corrected chi connectivity index (χ1v) is 8.91. The molecule has 0 saturated heterocycles. The van der Waals surface area contributed by atoms with Crippen LogP contribution in [0, 0.1) is 0 Å². The summed E-state index contributed by atoms with van der Waals surface area (Å²) in [5.41, 5.74) is 0.972. The lowest BCUT2D eigenvalue weighted by Crippen LogP contribution is -2.23. The Hall–Kier alpha value is -0.530. The minimum atomic E-state index is -2.94. The predicted molar refractivity (Wildman–Crippen MR) is 74.7 cm³/mol. The van der Waals surface area contributed by atoms with Gasteiger partial charge in [-0.25, -0.2) is 8.42 Å². The Morgan fingerprint density at radius 3 is 2.56 bits per heavy atom. The number of nitrogens with one attached hydrogen (secondary N) is 1. The van der Waals surface area contributed by atoms with E-state index in [2.05, 4.69) is 28.8 Å². The molecule has 0 bridgehead atoms. The summed E-state index contributed by atoms with van der Waals surface area (Å²) in [6.07, 6.45) is 1.83. The molecule has 0 fully saturated rings. The molecule has 1 aromatic rings. The Morgan fingerprint density at radius 1 is 1.39 bits per heavy atom. The summed E-state index contributed by atoms with van der Waals surface area (Å²) in [4.78, 5) is 1.07. The van der Waals surface area contributed by atoms with Crippen LogP contribution in [0.4, 0.5) is 0 Å². The van der Waals surface area contributed by atoms with Gasteiger partial charge >= 0.3 is 0 Å². The van der Waals surface area contributed by atoms with Crippen LogP contribution in [-0.2, 0) is 9.84 Å². The summed E-state index contributed by atoms with van der Waals surface area (Å²) in [5, 5.41) is 7.46. The molecule has 18 heavy (non-hydrogen) atoms. The predicted octanol–water partition coefficient (Wildman–Crippen LogP) is 1.75. The average molecular weight is 291 g/mol. The third kappa shape index (κ3) is 4.62. The van der Waals surface area contributed by atoms with Crippen LogP contribution in [0.1, 0.15) is 49.7 Å². The van der Waals surface area contributed by atoms with Crippen molar-refractivity contribution in [3.05, 3.63) is 10.6 Å². The van der Waals surface area contributed by atoms with Crippen LogP contribution in [0.5, 0.6) is 0 Å². The molecule has 1 heterocycles. The Balaban J connectivity index is 2.86. The van der Waals surface area contributed by atoms with Gasteiger partial charge in [0, 0.05) is 12.3 Å². The van der Waals surface area contributed by atoms with Crippen molar-refractivity contribution in [3.8, 4) is 0 Å². The number of aromatic nitrogens is 2. The lowest BCUT2D eigenvalue weighted by atomic mass is 10.0. The fourth-order valence-corrected chi connectivity index (χ4v) is 3.33. The molecule has 0 aliphatic rings. The van der Waals surface area contributed by atoms with E-state index in [9.17, 15) is 8.42 Å². The van der Waals surface area contributed by atoms with Crippen molar-refractivity contribution in [2.45, 2.75) is 39.2 Å². The largest absolute Gasteiger partial charge is 0.309 e. The van der Waals surface area contributed by atoms with Gasteiger partial charge in [0.1, 0.15) is 9.84 Å². The molecule has 1 N–H and O–H groups in total. The van der Waals surface area contributed by atoms with Crippen LogP contribution in [-0.4, -0.2) is 36.6 Å². The lowest BCUT2D eigenvalue weighted by Gasteiger charge is -2.17. The molecule has 104 valence electrons. The molecular formula is C11H21N3O2S2. The van der Waals surface area contributed by atoms with Gasteiger partial charge in [-0.2, -0.15) is 0 Å². The van der Waals surface area contributed by atoms with Crippen LogP contribution in [0.2, 0.25) is 0 Å². The Kier molecular flexibility index (Phi) is 5.68. The number of hydrogen-bond acceptors (Lipinski definition) is 6. The summed E-state index contributed by atoms with van der Waals surface area (Å²) in [5.74, 6) is 0.484. The zero-order valence-corrected chi connectivity index (χ0v) is 12.9. The molecule has 1 unspecified atom stereocenters. The molecule has 0 amide bonds. The van der Waals surface area contributed by atoms with Crippen molar-refractivity contribution in [2.24, 2.45) is 0 Å². The van der Waals surface area contributed by atoms with Gasteiger partial charge in [0.15, 0.2) is 0 Å². The highest BCUT2D eigenvalue weighted by Crippen LogP contribution is 2.28. The maximum atomic E-state index is 11.3. The van der Waals surface area contributed by atoms with Crippen molar-refractivity contribution >= 4 is 21.4 Å². The van der Waals surface area contributed by atoms with Crippen LogP contribution >= 0.6 is 11.5 Å². The monoisotopic (exact) mass is 291 g/mol. The molecule has 7 heteroatoms. The highest BCUT2D eigenvalue weighted by atomic mass is 32.2. The smallest absolute Gasteiger partial charge is 0.147 e. The van der Waals surface area contributed by atoms with Gasteiger partial charge in [-0.3, -0.25) is 0 Å². The van der Waals surface area contributed by atoms with Gasteiger partial charge in [0.2, 0.25) is 0 Å². The first-order chi connectivity index (χ1) is 8.35. The quantitative estimate of drug-likeness (QED) is 0.828. The normalized spacial score (nSPS) is 14.1. The minimum absolute atomic E-state index is 0.0297. The third-order valence-electron chi connectivity index (χ3n) is 2.63. The molecule has 0 aliphatic heterocycles. The molecule has 0 spiro atoms. The highest BCUT2D eigenvalue weighted by molar-refractivity contribution is 7.90. The summed E-state index contributed by atoms with van der Waals surface area (Å²) >= 11 is 1.36. The van der Waals surface area contributed by atoms with Crippen molar-refractivity contribution < 1.29 is 8.42 Å². The minimum Gasteiger partial charge on any atom is -0.309 e. The molecule has 0 radical (unpaired) electrons. The van der Waals surface area contributed by atoms with E-state index in [0.29, 0.717) is 12.3 Å². The summed E-state index contributed by atoms with van der Waals surface area (Å²) < 4.78 is 26.5. The van der Waals surface area contributed by atoms with Crippen molar-refractivity contribution in [1.82, 2.24) is 14.9 Å². The second-order valence-corrected chi connectivity index (χ2v) is 7.75. The third-order valence-corrected chi connectivity index (χ3v) is 4.46. The first-order valence-electron chi connectivity index (χ1n) is 6.08. The van der Waals surface area contributed by atoms with E-state index >= 15 is 0 Å². The average Bonchev–Trinajstić information content (AvgIpc) is 2.71. The van der Waals surface area contributed by atoms with Gasteiger partial charge in [-0.1, -0.05) is 25.3 Å². The fraction of sp³-hybridized carbons (Fsp3) is 0.818. The summed E-state index contributed by atoms with van der Waals surface area (Å²) in [6, 6.07) is 0.0297. The molecule has 1 rings (SSSR count). The first kappa shape index (κ1) is 15.5. The van der Waals surface area contributed by atoms with Gasteiger partial charge in [0.05, 0.1) is 16.3 Å². The van der Waals surface area contributed by atoms with E-state index in [1.54, 1.807) is 0 Å². The topological polar surface area (TPSA) is 72.0 Å². The second kappa shape index (κ2) is 6.58. The molecule has 0 saturated carbocycles. The van der Waals surface area contributed by atoms with Crippen LogP contribution in [0.3, 0.4) is 0 Å². The SMILES string of the molecule is CCNC(CCS(C)(=O)=O)c1snnc1C(C)C. The summed E-state index contributed by atoms with van der Waals surface area (Å²) in [7, 11) is -2.94. The number of hydrogen-bond donors (Lipinski definition) is 1. The second-order valence-electron chi connectivity index (χ2n) is 4.71. The van der Waals surface area contributed by atoms with Gasteiger partial charge in [0.25, 0.3) is 0 Å². The zero-order chi connectivity index (χ0) is 13.8. The Labute approximate surface area is 113 Å². The van der Waals surface area contributed by atoms with Gasteiger partial charge in [-0.05, 0) is 30.4 Å². The molecule has 0 aliphatic carbocycles. The fourth-order valence-electron chi connectivity index (χ4n) is 1.75. The van der Waals surface area contributed by atoms with E-state index in [-0.39, 0.29) is 11.8 Å². The molecular weight excluding hydrogens is 270 g/mol. The van der Waals surface area contributed by atoms with E-state index in [0.717, 1.165) is 17.1 Å². The van der Waals surface area contributed by atoms with E-state index < -0.39 is 9.84 Å². The number of rotatable bonds is 7. The number of nitrogens with zero attached hydrogens (tertiary/aromatic N) is 2. The van der Waals surface area contributed by atoms with Crippen LogP contribution < -0.4 is 5.32 Å². The maximum absolute atomic E-state index is 11.3. The van der Waals surface area contributed by atoms with Crippen molar-refractivity contribution in [2.75, 3.05) is 18.6 Å². The van der Waals surface area contributed by atoms with Crippen LogP contribution in [0.25, 0.3) is 0 Å². The van der Waals surface area contributed by atoms with Gasteiger partial charge < -0.3 is 5.32 Å². The molecule has 5 nitrogen and oxygen atoms in total.